The van der Waals surface area contributed by atoms with E-state index in [4.69, 9.17) is 14.6 Å². The summed E-state index contributed by atoms with van der Waals surface area (Å²) in [4.78, 5) is 0. The zero-order chi connectivity index (χ0) is 14.5. The summed E-state index contributed by atoms with van der Waals surface area (Å²) in [7, 11) is 0. The van der Waals surface area contributed by atoms with Gasteiger partial charge in [-0.15, -0.1) is 0 Å². The first-order chi connectivity index (χ1) is 10.3. The lowest BCUT2D eigenvalue weighted by molar-refractivity contribution is 0.241. The van der Waals surface area contributed by atoms with Crippen LogP contribution in [0.2, 0.25) is 0 Å². The first-order valence-electron chi connectivity index (χ1n) is 7.37. The van der Waals surface area contributed by atoms with Gasteiger partial charge in [0.1, 0.15) is 18.5 Å². The molecule has 1 saturated heterocycles. The third-order valence-electron chi connectivity index (χ3n) is 3.76. The smallest absolute Gasteiger partial charge is 0.119 e. The van der Waals surface area contributed by atoms with Crippen LogP contribution < -0.4 is 4.74 Å². The van der Waals surface area contributed by atoms with Crippen molar-refractivity contribution in [2.75, 3.05) is 6.61 Å². The van der Waals surface area contributed by atoms with E-state index in [1.54, 1.807) is 0 Å². The standard InChI is InChI=1S/C18H20O3/c19-12-18-17(21-18)11-8-14-6-9-16(10-7-14)20-13-15-4-2-1-3-5-15/h1-7,9-10,17-19H,8,11-13H2/t17-,18-/m0/s1. The van der Waals surface area contributed by atoms with Gasteiger partial charge in [-0.1, -0.05) is 42.5 Å². The topological polar surface area (TPSA) is 42.0 Å². The maximum Gasteiger partial charge on any atom is 0.119 e. The molecule has 0 aromatic heterocycles. The minimum Gasteiger partial charge on any atom is -0.489 e. The summed E-state index contributed by atoms with van der Waals surface area (Å²) in [6, 6.07) is 18.4. The fourth-order valence-electron chi connectivity index (χ4n) is 2.40. The monoisotopic (exact) mass is 284 g/mol. The Balaban J connectivity index is 1.45. The third kappa shape index (κ3) is 4.06. The molecular weight excluding hydrogens is 264 g/mol. The van der Waals surface area contributed by atoms with E-state index in [0.717, 1.165) is 18.6 Å². The third-order valence-corrected chi connectivity index (χ3v) is 3.76. The molecule has 0 saturated carbocycles. The number of epoxide rings is 1. The molecule has 1 aliphatic rings. The predicted octanol–water partition coefficient (Wildman–Crippen LogP) is 2.96. The Kier molecular flexibility index (Phi) is 4.53. The minimum absolute atomic E-state index is 0.0680. The van der Waals surface area contributed by atoms with Crippen molar-refractivity contribution in [3.05, 3.63) is 65.7 Å². The largest absolute Gasteiger partial charge is 0.489 e. The Morgan fingerprint density at radius 1 is 0.905 bits per heavy atom. The van der Waals surface area contributed by atoms with E-state index in [-0.39, 0.29) is 18.8 Å². The second kappa shape index (κ2) is 6.74. The molecule has 2 aromatic carbocycles. The second-order valence-corrected chi connectivity index (χ2v) is 5.35. The molecule has 2 aromatic rings. The van der Waals surface area contributed by atoms with E-state index < -0.39 is 0 Å². The molecule has 0 amide bonds. The number of hydrogen-bond donors (Lipinski definition) is 1. The molecule has 0 aliphatic carbocycles. The normalized spacial score (nSPS) is 20.2. The fraction of sp³-hybridized carbons (Fsp3) is 0.333. The predicted molar refractivity (Wildman–Crippen MR) is 81.3 cm³/mol. The summed E-state index contributed by atoms with van der Waals surface area (Å²) in [6.07, 6.45) is 2.25. The van der Waals surface area contributed by atoms with Gasteiger partial charge in [-0.3, -0.25) is 0 Å². The zero-order valence-electron chi connectivity index (χ0n) is 11.9. The van der Waals surface area contributed by atoms with Gasteiger partial charge in [0.25, 0.3) is 0 Å². The van der Waals surface area contributed by atoms with Crippen LogP contribution in [0.5, 0.6) is 5.75 Å². The molecule has 3 rings (SSSR count). The van der Waals surface area contributed by atoms with Crippen molar-refractivity contribution in [1.82, 2.24) is 0 Å². The Morgan fingerprint density at radius 2 is 1.67 bits per heavy atom. The fourth-order valence-corrected chi connectivity index (χ4v) is 2.40. The summed E-state index contributed by atoms with van der Waals surface area (Å²) in [5, 5.41) is 8.92. The average molecular weight is 284 g/mol. The van der Waals surface area contributed by atoms with Crippen LogP contribution in [0.15, 0.2) is 54.6 Å². The maximum atomic E-state index is 8.92. The summed E-state index contributed by atoms with van der Waals surface area (Å²) in [5.74, 6) is 0.888. The number of ether oxygens (including phenoxy) is 2. The number of rotatable bonds is 7. The number of benzene rings is 2. The van der Waals surface area contributed by atoms with Crippen molar-refractivity contribution in [2.24, 2.45) is 0 Å². The van der Waals surface area contributed by atoms with Crippen LogP contribution in [-0.2, 0) is 17.8 Å². The number of aliphatic hydroxyl groups excluding tert-OH is 1. The molecule has 1 aliphatic heterocycles. The Bertz CT molecular complexity index is 550. The van der Waals surface area contributed by atoms with E-state index in [1.807, 2.05) is 30.3 Å². The second-order valence-electron chi connectivity index (χ2n) is 5.35. The van der Waals surface area contributed by atoms with Gasteiger partial charge in [0.05, 0.1) is 12.7 Å². The Morgan fingerprint density at radius 3 is 2.33 bits per heavy atom. The molecule has 110 valence electrons. The van der Waals surface area contributed by atoms with Crippen molar-refractivity contribution in [2.45, 2.75) is 31.7 Å². The van der Waals surface area contributed by atoms with E-state index in [9.17, 15) is 0 Å². The highest BCUT2D eigenvalue weighted by atomic mass is 16.6. The molecule has 0 unspecified atom stereocenters. The number of aryl methyl sites for hydroxylation is 1. The molecule has 1 N–H and O–H groups in total. The van der Waals surface area contributed by atoms with E-state index >= 15 is 0 Å². The molecule has 3 heteroatoms. The van der Waals surface area contributed by atoms with Crippen molar-refractivity contribution in [3.8, 4) is 5.75 Å². The lowest BCUT2D eigenvalue weighted by Crippen LogP contribution is -2.00. The van der Waals surface area contributed by atoms with Gasteiger partial charge in [-0.05, 0) is 36.1 Å². The van der Waals surface area contributed by atoms with Crippen molar-refractivity contribution in [3.63, 3.8) is 0 Å². The van der Waals surface area contributed by atoms with Gasteiger partial charge in [0.15, 0.2) is 0 Å². The van der Waals surface area contributed by atoms with E-state index in [1.165, 1.54) is 11.1 Å². The van der Waals surface area contributed by atoms with Crippen LogP contribution in [0.1, 0.15) is 17.5 Å². The van der Waals surface area contributed by atoms with Gasteiger partial charge in [-0.25, -0.2) is 0 Å². The van der Waals surface area contributed by atoms with Gasteiger partial charge in [-0.2, -0.15) is 0 Å². The number of aliphatic hydroxyl groups is 1. The molecule has 3 nitrogen and oxygen atoms in total. The average Bonchev–Trinajstić information content (AvgIpc) is 3.32. The first-order valence-corrected chi connectivity index (χ1v) is 7.37. The molecular formula is C18H20O3. The molecule has 0 bridgehead atoms. The quantitative estimate of drug-likeness (QED) is 0.795. The van der Waals surface area contributed by atoms with Crippen LogP contribution in [0.3, 0.4) is 0 Å². The van der Waals surface area contributed by atoms with Gasteiger partial charge in [0, 0.05) is 0 Å². The van der Waals surface area contributed by atoms with E-state index in [2.05, 4.69) is 24.3 Å². The highest BCUT2D eigenvalue weighted by molar-refractivity contribution is 5.28. The maximum absolute atomic E-state index is 8.92. The highest BCUT2D eigenvalue weighted by Gasteiger charge is 2.37. The van der Waals surface area contributed by atoms with Crippen molar-refractivity contribution in [1.29, 1.82) is 0 Å². The highest BCUT2D eigenvalue weighted by Crippen LogP contribution is 2.26. The molecule has 21 heavy (non-hydrogen) atoms. The molecule has 2 atom stereocenters. The first kappa shape index (κ1) is 14.1. The van der Waals surface area contributed by atoms with Gasteiger partial charge >= 0.3 is 0 Å². The summed E-state index contributed by atoms with van der Waals surface area (Å²) >= 11 is 0. The molecule has 0 spiro atoms. The SMILES string of the molecule is OC[C@@H]1O[C@H]1CCc1ccc(OCc2ccccc2)cc1. The van der Waals surface area contributed by atoms with Crippen LogP contribution in [0.4, 0.5) is 0 Å². The van der Waals surface area contributed by atoms with E-state index in [0.29, 0.717) is 6.61 Å². The summed E-state index contributed by atoms with van der Waals surface area (Å²) in [6.45, 7) is 0.727. The van der Waals surface area contributed by atoms with Gasteiger partial charge < -0.3 is 14.6 Å². The zero-order valence-corrected chi connectivity index (χ0v) is 11.9. The summed E-state index contributed by atoms with van der Waals surface area (Å²) in [5.41, 5.74) is 2.44. The van der Waals surface area contributed by atoms with Crippen LogP contribution in [0.25, 0.3) is 0 Å². The minimum atomic E-state index is 0.0680. The molecule has 0 radical (unpaired) electrons. The molecule has 1 heterocycles. The van der Waals surface area contributed by atoms with Gasteiger partial charge in [0.2, 0.25) is 0 Å². The van der Waals surface area contributed by atoms with Crippen molar-refractivity contribution < 1.29 is 14.6 Å². The van der Waals surface area contributed by atoms with Crippen LogP contribution in [0, 0.1) is 0 Å². The Hall–Kier alpha value is -1.84. The number of hydrogen-bond acceptors (Lipinski definition) is 3. The summed E-state index contributed by atoms with van der Waals surface area (Å²) < 4.78 is 11.1. The van der Waals surface area contributed by atoms with Crippen LogP contribution in [-0.4, -0.2) is 23.9 Å². The lowest BCUT2D eigenvalue weighted by Gasteiger charge is -2.07. The molecule has 1 fully saturated rings. The van der Waals surface area contributed by atoms with Crippen LogP contribution >= 0.6 is 0 Å². The Labute approximate surface area is 125 Å². The lowest BCUT2D eigenvalue weighted by atomic mass is 10.1. The van der Waals surface area contributed by atoms with Crippen molar-refractivity contribution >= 4 is 0 Å².